The van der Waals surface area contributed by atoms with Crippen LogP contribution in [-0.4, -0.2) is 13.1 Å². The summed E-state index contributed by atoms with van der Waals surface area (Å²) in [5.74, 6) is 1.37. The van der Waals surface area contributed by atoms with Gasteiger partial charge in [0.1, 0.15) is 6.07 Å². The first-order chi connectivity index (χ1) is 7.61. The van der Waals surface area contributed by atoms with Gasteiger partial charge in [0.2, 0.25) is 0 Å². The highest BCUT2D eigenvalue weighted by atomic mass is 15.2. The summed E-state index contributed by atoms with van der Waals surface area (Å²) in [6.07, 6.45) is 0. The van der Waals surface area contributed by atoms with Crippen molar-refractivity contribution in [2.75, 3.05) is 23.7 Å². The number of hydrogen-bond donors (Lipinski definition) is 1. The standard InChI is InChI=1S/C13H17N3/c1-9-7-16(8-10(9)2)13-4-3-12(15)5-11(13)6-14/h3-5,9-10H,7-8,15H2,1-2H3. The average molecular weight is 215 g/mol. The second kappa shape index (κ2) is 4.05. The molecule has 16 heavy (non-hydrogen) atoms. The molecule has 2 atom stereocenters. The minimum Gasteiger partial charge on any atom is -0.399 e. The van der Waals surface area contributed by atoms with Crippen LogP contribution in [0.5, 0.6) is 0 Å². The summed E-state index contributed by atoms with van der Waals surface area (Å²) in [7, 11) is 0. The summed E-state index contributed by atoms with van der Waals surface area (Å²) in [6.45, 7) is 6.57. The van der Waals surface area contributed by atoms with Crippen molar-refractivity contribution < 1.29 is 0 Å². The van der Waals surface area contributed by atoms with E-state index in [-0.39, 0.29) is 0 Å². The van der Waals surface area contributed by atoms with Crippen LogP contribution in [0.1, 0.15) is 19.4 Å². The third-order valence-electron chi connectivity index (χ3n) is 3.47. The van der Waals surface area contributed by atoms with Crippen molar-refractivity contribution in [3.05, 3.63) is 23.8 Å². The fourth-order valence-corrected chi connectivity index (χ4v) is 2.25. The summed E-state index contributed by atoms with van der Waals surface area (Å²) in [4.78, 5) is 2.29. The molecule has 2 unspecified atom stereocenters. The van der Waals surface area contributed by atoms with Gasteiger partial charge < -0.3 is 10.6 Å². The Morgan fingerprint density at radius 2 is 1.94 bits per heavy atom. The van der Waals surface area contributed by atoms with Gasteiger partial charge in [0.25, 0.3) is 0 Å². The number of benzene rings is 1. The fourth-order valence-electron chi connectivity index (χ4n) is 2.25. The van der Waals surface area contributed by atoms with Crippen LogP contribution in [-0.2, 0) is 0 Å². The van der Waals surface area contributed by atoms with Gasteiger partial charge in [0, 0.05) is 18.8 Å². The SMILES string of the molecule is CC1CN(c2ccc(N)cc2C#N)CC1C. The first-order valence-electron chi connectivity index (χ1n) is 5.66. The van der Waals surface area contributed by atoms with E-state index < -0.39 is 0 Å². The summed E-state index contributed by atoms with van der Waals surface area (Å²) in [5.41, 5.74) is 8.04. The Morgan fingerprint density at radius 1 is 1.31 bits per heavy atom. The van der Waals surface area contributed by atoms with Crippen molar-refractivity contribution in [2.45, 2.75) is 13.8 Å². The van der Waals surface area contributed by atoms with E-state index in [1.165, 1.54) is 0 Å². The molecule has 2 N–H and O–H groups in total. The Morgan fingerprint density at radius 3 is 2.50 bits per heavy atom. The molecule has 2 rings (SSSR count). The van der Waals surface area contributed by atoms with Crippen molar-refractivity contribution in [1.29, 1.82) is 5.26 Å². The second-order valence-corrected chi connectivity index (χ2v) is 4.75. The van der Waals surface area contributed by atoms with Crippen LogP contribution in [0.15, 0.2) is 18.2 Å². The van der Waals surface area contributed by atoms with Gasteiger partial charge in [-0.2, -0.15) is 5.26 Å². The summed E-state index contributed by atoms with van der Waals surface area (Å²) in [6, 6.07) is 7.80. The van der Waals surface area contributed by atoms with Gasteiger partial charge in [-0.05, 0) is 30.0 Å². The predicted molar refractivity (Wildman–Crippen MR) is 66.1 cm³/mol. The monoisotopic (exact) mass is 215 g/mol. The molecule has 1 aromatic carbocycles. The summed E-state index contributed by atoms with van der Waals surface area (Å²) in [5, 5.41) is 9.10. The molecule has 1 aliphatic heterocycles. The zero-order chi connectivity index (χ0) is 11.7. The molecule has 0 spiro atoms. The molecule has 0 aliphatic carbocycles. The maximum atomic E-state index is 9.10. The third-order valence-corrected chi connectivity index (χ3v) is 3.47. The highest BCUT2D eigenvalue weighted by Gasteiger charge is 2.27. The van der Waals surface area contributed by atoms with Crippen molar-refractivity contribution in [3.63, 3.8) is 0 Å². The van der Waals surface area contributed by atoms with Gasteiger partial charge in [-0.1, -0.05) is 13.8 Å². The number of rotatable bonds is 1. The fraction of sp³-hybridized carbons (Fsp3) is 0.462. The van der Waals surface area contributed by atoms with Gasteiger partial charge in [0.05, 0.1) is 11.3 Å². The molecule has 0 bridgehead atoms. The Balaban J connectivity index is 2.32. The molecule has 0 amide bonds. The van der Waals surface area contributed by atoms with Crippen LogP contribution in [0, 0.1) is 23.2 Å². The van der Waals surface area contributed by atoms with Gasteiger partial charge in [0.15, 0.2) is 0 Å². The van der Waals surface area contributed by atoms with Crippen LogP contribution in [0.3, 0.4) is 0 Å². The lowest BCUT2D eigenvalue weighted by Gasteiger charge is -2.19. The van der Waals surface area contributed by atoms with Gasteiger partial charge in [-0.15, -0.1) is 0 Å². The Hall–Kier alpha value is -1.69. The lowest BCUT2D eigenvalue weighted by Crippen LogP contribution is -2.20. The first kappa shape index (κ1) is 10.8. The second-order valence-electron chi connectivity index (χ2n) is 4.75. The largest absolute Gasteiger partial charge is 0.399 e. The number of anilines is 2. The van der Waals surface area contributed by atoms with Gasteiger partial charge in [-0.3, -0.25) is 0 Å². The average Bonchev–Trinajstić information content (AvgIpc) is 2.59. The molecule has 1 aromatic rings. The molecule has 0 saturated carbocycles. The zero-order valence-corrected chi connectivity index (χ0v) is 9.77. The summed E-state index contributed by atoms with van der Waals surface area (Å²) < 4.78 is 0. The van der Waals surface area contributed by atoms with E-state index in [2.05, 4.69) is 24.8 Å². The maximum Gasteiger partial charge on any atom is 0.101 e. The number of hydrogen-bond acceptors (Lipinski definition) is 3. The molecular formula is C13H17N3. The maximum absolute atomic E-state index is 9.10. The molecule has 0 radical (unpaired) electrons. The number of nitrogens with two attached hydrogens (primary N) is 1. The van der Waals surface area contributed by atoms with E-state index in [0.717, 1.165) is 18.8 Å². The van der Waals surface area contributed by atoms with Crippen molar-refractivity contribution >= 4 is 11.4 Å². The Labute approximate surface area is 96.5 Å². The van der Waals surface area contributed by atoms with E-state index >= 15 is 0 Å². The topological polar surface area (TPSA) is 53.0 Å². The molecular weight excluding hydrogens is 198 g/mol. The zero-order valence-electron chi connectivity index (χ0n) is 9.77. The van der Waals surface area contributed by atoms with Crippen LogP contribution in [0.25, 0.3) is 0 Å². The lowest BCUT2D eigenvalue weighted by atomic mass is 10.0. The smallest absolute Gasteiger partial charge is 0.101 e. The molecule has 1 aliphatic rings. The normalized spacial score (nSPS) is 24.4. The Kier molecular flexibility index (Phi) is 2.74. The van der Waals surface area contributed by atoms with Gasteiger partial charge in [-0.25, -0.2) is 0 Å². The van der Waals surface area contributed by atoms with E-state index in [1.54, 1.807) is 6.07 Å². The highest BCUT2D eigenvalue weighted by Crippen LogP contribution is 2.30. The molecule has 1 saturated heterocycles. The highest BCUT2D eigenvalue weighted by molar-refractivity contribution is 5.64. The first-order valence-corrected chi connectivity index (χ1v) is 5.66. The number of nitrogens with zero attached hydrogens (tertiary/aromatic N) is 2. The number of nitrogen functional groups attached to an aromatic ring is 1. The summed E-state index contributed by atoms with van der Waals surface area (Å²) >= 11 is 0. The Bertz CT molecular complexity index is 423. The molecule has 1 heterocycles. The third kappa shape index (κ3) is 1.83. The van der Waals surface area contributed by atoms with Gasteiger partial charge >= 0.3 is 0 Å². The van der Waals surface area contributed by atoms with Crippen molar-refractivity contribution in [2.24, 2.45) is 11.8 Å². The lowest BCUT2D eigenvalue weighted by molar-refractivity contribution is 0.494. The van der Waals surface area contributed by atoms with E-state index in [1.807, 2.05) is 12.1 Å². The quantitative estimate of drug-likeness (QED) is 0.731. The van der Waals surface area contributed by atoms with Crippen molar-refractivity contribution in [1.82, 2.24) is 0 Å². The number of nitriles is 1. The van der Waals surface area contributed by atoms with Crippen LogP contribution in [0.4, 0.5) is 11.4 Å². The predicted octanol–water partition coefficient (Wildman–Crippen LogP) is 2.23. The van der Waals surface area contributed by atoms with E-state index in [4.69, 9.17) is 11.0 Å². The molecule has 3 heteroatoms. The van der Waals surface area contributed by atoms with E-state index in [9.17, 15) is 0 Å². The van der Waals surface area contributed by atoms with Crippen LogP contribution < -0.4 is 10.6 Å². The minimum atomic E-state index is 0.653. The van der Waals surface area contributed by atoms with Crippen molar-refractivity contribution in [3.8, 4) is 6.07 Å². The molecule has 0 aromatic heterocycles. The van der Waals surface area contributed by atoms with E-state index in [0.29, 0.717) is 23.1 Å². The van der Waals surface area contributed by atoms with Crippen LogP contribution in [0.2, 0.25) is 0 Å². The molecule has 3 nitrogen and oxygen atoms in total. The molecule has 1 fully saturated rings. The minimum absolute atomic E-state index is 0.653. The van der Waals surface area contributed by atoms with Crippen LogP contribution >= 0.6 is 0 Å². The molecule has 84 valence electrons.